The molecule has 1 aliphatic rings. The lowest BCUT2D eigenvalue weighted by molar-refractivity contribution is 0.112. The molecule has 3 nitrogen and oxygen atoms in total. The van der Waals surface area contributed by atoms with Gasteiger partial charge in [-0.15, -0.1) is 0 Å². The van der Waals surface area contributed by atoms with Crippen molar-refractivity contribution < 1.29 is 4.79 Å². The van der Waals surface area contributed by atoms with Gasteiger partial charge in [0.1, 0.15) is 0 Å². The third kappa shape index (κ3) is 3.24. The molecule has 0 aromatic heterocycles. The molecule has 0 saturated carbocycles. The molecular weight excluding hydrogens is 248 g/mol. The summed E-state index contributed by atoms with van der Waals surface area (Å²) < 4.78 is 0. The Morgan fingerprint density at radius 2 is 2.28 bits per heavy atom. The molecule has 1 fully saturated rings. The Balaban J connectivity index is 1.81. The van der Waals surface area contributed by atoms with Gasteiger partial charge >= 0.3 is 0 Å². The minimum Gasteiger partial charge on any atom is -0.380 e. The zero-order valence-electron chi connectivity index (χ0n) is 10.7. The Kier molecular flexibility index (Phi) is 4.61. The van der Waals surface area contributed by atoms with E-state index in [2.05, 4.69) is 17.1 Å². The molecule has 2 rings (SSSR count). The van der Waals surface area contributed by atoms with Gasteiger partial charge in [-0.25, -0.2) is 0 Å². The van der Waals surface area contributed by atoms with E-state index in [9.17, 15) is 4.79 Å². The van der Waals surface area contributed by atoms with E-state index in [0.717, 1.165) is 25.1 Å². The molecule has 1 aromatic carbocycles. The highest BCUT2D eigenvalue weighted by molar-refractivity contribution is 6.33. The first-order chi connectivity index (χ1) is 8.72. The van der Waals surface area contributed by atoms with Crippen LogP contribution in [0.3, 0.4) is 0 Å². The fourth-order valence-corrected chi connectivity index (χ4v) is 2.40. The number of nitrogens with zero attached hydrogens (tertiary/aromatic N) is 1. The topological polar surface area (TPSA) is 32.3 Å². The third-order valence-electron chi connectivity index (χ3n) is 3.28. The fourth-order valence-electron chi connectivity index (χ4n) is 2.17. The van der Waals surface area contributed by atoms with Crippen LogP contribution in [0.15, 0.2) is 18.2 Å². The molecule has 1 N–H and O–H groups in total. The second-order valence-electron chi connectivity index (χ2n) is 4.81. The van der Waals surface area contributed by atoms with Crippen molar-refractivity contribution in [2.24, 2.45) is 0 Å². The molecule has 98 valence electrons. The third-order valence-corrected chi connectivity index (χ3v) is 3.61. The highest BCUT2D eigenvalue weighted by Crippen LogP contribution is 2.22. The lowest BCUT2D eigenvalue weighted by Gasteiger charge is -2.40. The maximum absolute atomic E-state index is 10.7. The Labute approximate surface area is 113 Å². The summed E-state index contributed by atoms with van der Waals surface area (Å²) in [6, 6.07) is 5.98. The maximum Gasteiger partial charge on any atom is 0.151 e. The molecule has 1 heterocycles. The molecule has 0 atom stereocenters. The largest absolute Gasteiger partial charge is 0.380 e. The summed E-state index contributed by atoms with van der Waals surface area (Å²) in [5, 5.41) is 3.95. The van der Waals surface area contributed by atoms with E-state index in [-0.39, 0.29) is 0 Å². The van der Waals surface area contributed by atoms with Gasteiger partial charge in [0, 0.05) is 24.3 Å². The molecule has 0 bridgehead atoms. The van der Waals surface area contributed by atoms with Crippen LogP contribution in [-0.2, 0) is 0 Å². The number of nitrogens with one attached hydrogen (secondary N) is 1. The lowest BCUT2D eigenvalue weighted by Crippen LogP contribution is -2.54. The van der Waals surface area contributed by atoms with Gasteiger partial charge in [-0.05, 0) is 31.2 Å². The number of aldehydes is 1. The van der Waals surface area contributed by atoms with Crippen LogP contribution >= 0.6 is 11.6 Å². The highest BCUT2D eigenvalue weighted by Gasteiger charge is 2.25. The summed E-state index contributed by atoms with van der Waals surface area (Å²) in [7, 11) is 0. The number of hydrogen-bond acceptors (Lipinski definition) is 3. The van der Waals surface area contributed by atoms with E-state index < -0.39 is 0 Å². The normalized spacial score (nSPS) is 16.3. The van der Waals surface area contributed by atoms with Crippen LogP contribution in [0.5, 0.6) is 0 Å². The second kappa shape index (κ2) is 6.21. The molecule has 0 radical (unpaired) electrons. The number of hydrogen-bond donors (Lipinski definition) is 1. The van der Waals surface area contributed by atoms with Crippen molar-refractivity contribution in [1.82, 2.24) is 4.90 Å². The van der Waals surface area contributed by atoms with Crippen LogP contribution in [0, 0.1) is 0 Å². The molecular formula is C14H19ClN2O. The Bertz CT molecular complexity index is 416. The zero-order chi connectivity index (χ0) is 13.0. The van der Waals surface area contributed by atoms with Crippen LogP contribution in [0.2, 0.25) is 5.02 Å². The van der Waals surface area contributed by atoms with Crippen LogP contribution in [0.4, 0.5) is 5.69 Å². The van der Waals surface area contributed by atoms with Gasteiger partial charge in [-0.3, -0.25) is 9.69 Å². The minimum atomic E-state index is 0.500. The number of anilines is 1. The quantitative estimate of drug-likeness (QED) is 0.804. The van der Waals surface area contributed by atoms with Gasteiger partial charge in [0.25, 0.3) is 0 Å². The van der Waals surface area contributed by atoms with E-state index >= 15 is 0 Å². The van der Waals surface area contributed by atoms with Crippen molar-refractivity contribution in [2.75, 3.05) is 25.0 Å². The molecule has 18 heavy (non-hydrogen) atoms. The van der Waals surface area contributed by atoms with E-state index in [1.165, 1.54) is 19.4 Å². The number of unbranched alkanes of at least 4 members (excludes halogenated alkanes) is 1. The van der Waals surface area contributed by atoms with Crippen molar-refractivity contribution in [1.29, 1.82) is 0 Å². The van der Waals surface area contributed by atoms with Gasteiger partial charge in [-0.1, -0.05) is 24.9 Å². The minimum absolute atomic E-state index is 0.500. The average Bonchev–Trinajstić information content (AvgIpc) is 2.32. The van der Waals surface area contributed by atoms with E-state index in [0.29, 0.717) is 16.6 Å². The first-order valence-electron chi connectivity index (χ1n) is 6.46. The van der Waals surface area contributed by atoms with Crippen molar-refractivity contribution in [3.63, 3.8) is 0 Å². The SMILES string of the molecule is CCCCN1CC(Nc2ccc(C=O)c(Cl)c2)C1. The van der Waals surface area contributed by atoms with E-state index in [1.54, 1.807) is 6.07 Å². The van der Waals surface area contributed by atoms with Crippen LogP contribution in [0.1, 0.15) is 30.1 Å². The lowest BCUT2D eigenvalue weighted by atomic mass is 10.1. The Hall–Kier alpha value is -1.06. The predicted molar refractivity (Wildman–Crippen MR) is 75.6 cm³/mol. The number of likely N-dealkylation sites (tertiary alicyclic amines) is 1. The summed E-state index contributed by atoms with van der Waals surface area (Å²) in [5.41, 5.74) is 1.53. The van der Waals surface area contributed by atoms with Gasteiger partial charge in [-0.2, -0.15) is 0 Å². The predicted octanol–water partition coefficient (Wildman–Crippen LogP) is 3.05. The first kappa shape index (κ1) is 13.4. The molecule has 0 amide bonds. The van der Waals surface area contributed by atoms with E-state index in [4.69, 9.17) is 11.6 Å². The number of benzene rings is 1. The summed E-state index contributed by atoms with van der Waals surface area (Å²) in [6.45, 7) is 5.59. The number of carbonyl (C=O) groups is 1. The number of rotatable bonds is 6. The Morgan fingerprint density at radius 1 is 1.50 bits per heavy atom. The number of halogens is 1. The monoisotopic (exact) mass is 266 g/mol. The summed E-state index contributed by atoms with van der Waals surface area (Å²) in [4.78, 5) is 13.1. The van der Waals surface area contributed by atoms with Gasteiger partial charge in [0.2, 0.25) is 0 Å². The molecule has 0 spiro atoms. The van der Waals surface area contributed by atoms with Crippen molar-refractivity contribution in [3.05, 3.63) is 28.8 Å². The smallest absolute Gasteiger partial charge is 0.151 e. The van der Waals surface area contributed by atoms with Gasteiger partial charge in [0.15, 0.2) is 6.29 Å². The van der Waals surface area contributed by atoms with Crippen molar-refractivity contribution in [2.45, 2.75) is 25.8 Å². The zero-order valence-corrected chi connectivity index (χ0v) is 11.4. The summed E-state index contributed by atoms with van der Waals surface area (Å²) in [5.74, 6) is 0. The van der Waals surface area contributed by atoms with Crippen molar-refractivity contribution in [3.8, 4) is 0 Å². The van der Waals surface area contributed by atoms with Gasteiger partial charge < -0.3 is 5.32 Å². The Morgan fingerprint density at radius 3 is 2.89 bits per heavy atom. The highest BCUT2D eigenvalue weighted by atomic mass is 35.5. The summed E-state index contributed by atoms with van der Waals surface area (Å²) in [6.07, 6.45) is 3.30. The molecule has 4 heteroatoms. The second-order valence-corrected chi connectivity index (χ2v) is 5.22. The maximum atomic E-state index is 10.7. The van der Waals surface area contributed by atoms with Crippen LogP contribution < -0.4 is 5.32 Å². The van der Waals surface area contributed by atoms with Crippen molar-refractivity contribution >= 4 is 23.6 Å². The number of carbonyl (C=O) groups excluding carboxylic acids is 1. The molecule has 1 saturated heterocycles. The summed E-state index contributed by atoms with van der Waals surface area (Å²) >= 11 is 5.99. The standard InChI is InChI=1S/C14H19ClN2O/c1-2-3-6-17-8-13(9-17)16-12-5-4-11(10-18)14(15)7-12/h4-5,7,10,13,16H,2-3,6,8-9H2,1H3. The van der Waals surface area contributed by atoms with Crippen LogP contribution in [-0.4, -0.2) is 36.9 Å². The average molecular weight is 267 g/mol. The van der Waals surface area contributed by atoms with Crippen LogP contribution in [0.25, 0.3) is 0 Å². The fraction of sp³-hybridized carbons (Fsp3) is 0.500. The first-order valence-corrected chi connectivity index (χ1v) is 6.84. The molecule has 1 aromatic rings. The molecule has 0 unspecified atom stereocenters. The molecule has 0 aliphatic carbocycles. The molecule has 1 aliphatic heterocycles. The van der Waals surface area contributed by atoms with Gasteiger partial charge in [0.05, 0.1) is 11.1 Å². The van der Waals surface area contributed by atoms with E-state index in [1.807, 2.05) is 12.1 Å².